The van der Waals surface area contributed by atoms with E-state index in [2.05, 4.69) is 20.4 Å². The van der Waals surface area contributed by atoms with Crippen LogP contribution in [-0.4, -0.2) is 25.5 Å². The fraction of sp³-hybridized carbons (Fsp3) is 0.200. The number of carbonyl (C=O) groups is 1. The van der Waals surface area contributed by atoms with Crippen molar-refractivity contribution in [3.05, 3.63) is 53.1 Å². The summed E-state index contributed by atoms with van der Waals surface area (Å²) in [7, 11) is 0. The van der Waals surface area contributed by atoms with Crippen LogP contribution in [-0.2, 0) is 0 Å². The summed E-state index contributed by atoms with van der Waals surface area (Å²) in [5.41, 5.74) is 4.17. The molecule has 0 aliphatic heterocycles. The largest absolute Gasteiger partial charge is 0.322 e. The van der Waals surface area contributed by atoms with Gasteiger partial charge in [-0.3, -0.25) is 4.79 Å². The molecule has 0 aliphatic carbocycles. The van der Waals surface area contributed by atoms with Gasteiger partial charge in [0.2, 0.25) is 0 Å². The monoisotopic (exact) mass is 281 g/mol. The summed E-state index contributed by atoms with van der Waals surface area (Å²) in [4.78, 5) is 20.6. The molecule has 0 unspecified atom stereocenters. The molecule has 2 aromatic heterocycles. The van der Waals surface area contributed by atoms with Crippen molar-refractivity contribution in [1.29, 1.82) is 0 Å². The van der Waals surface area contributed by atoms with Gasteiger partial charge < -0.3 is 5.32 Å². The van der Waals surface area contributed by atoms with Gasteiger partial charge in [0, 0.05) is 11.9 Å². The quantitative estimate of drug-likeness (QED) is 0.782. The Labute approximate surface area is 121 Å². The number of hydrogen-bond donors (Lipinski definition) is 1. The van der Waals surface area contributed by atoms with Gasteiger partial charge in [0.15, 0.2) is 0 Å². The molecule has 6 heteroatoms. The van der Waals surface area contributed by atoms with Crippen LogP contribution < -0.4 is 5.32 Å². The maximum absolute atomic E-state index is 12.4. The van der Waals surface area contributed by atoms with E-state index in [1.54, 1.807) is 4.52 Å². The van der Waals surface area contributed by atoms with Crippen LogP contribution in [0.4, 0.5) is 5.69 Å². The molecule has 0 bridgehead atoms. The molecule has 6 nitrogen and oxygen atoms in total. The van der Waals surface area contributed by atoms with Gasteiger partial charge in [-0.2, -0.15) is 10.1 Å². The Balaban J connectivity index is 1.95. The summed E-state index contributed by atoms with van der Waals surface area (Å²) in [5.74, 6) is 0.278. The van der Waals surface area contributed by atoms with Crippen molar-refractivity contribution in [2.45, 2.75) is 20.8 Å². The van der Waals surface area contributed by atoms with Crippen molar-refractivity contribution in [2.75, 3.05) is 5.32 Å². The van der Waals surface area contributed by atoms with Gasteiger partial charge in [0.25, 0.3) is 11.7 Å². The fourth-order valence-electron chi connectivity index (χ4n) is 2.26. The lowest BCUT2D eigenvalue weighted by Crippen LogP contribution is -2.16. The topological polar surface area (TPSA) is 72.2 Å². The summed E-state index contributed by atoms with van der Waals surface area (Å²) < 4.78 is 1.55. The second-order valence-corrected chi connectivity index (χ2v) is 5.00. The zero-order valence-electron chi connectivity index (χ0n) is 12.1. The highest BCUT2D eigenvalue weighted by Gasteiger charge is 2.14. The van der Waals surface area contributed by atoms with Crippen molar-refractivity contribution in [1.82, 2.24) is 19.6 Å². The predicted molar refractivity (Wildman–Crippen MR) is 79.4 cm³/mol. The second kappa shape index (κ2) is 4.97. The number of aryl methyl sites for hydroxylation is 3. The first-order chi connectivity index (χ1) is 10.1. The first-order valence-electron chi connectivity index (χ1n) is 6.60. The number of nitrogens with zero attached hydrogens (tertiary/aromatic N) is 4. The Morgan fingerprint density at radius 2 is 2.00 bits per heavy atom. The van der Waals surface area contributed by atoms with Crippen LogP contribution in [0.15, 0.2) is 30.7 Å². The molecular formula is C15H15N5O. The van der Waals surface area contributed by atoms with Crippen LogP contribution >= 0.6 is 0 Å². The van der Waals surface area contributed by atoms with Crippen molar-refractivity contribution in [3.8, 4) is 0 Å². The van der Waals surface area contributed by atoms with Gasteiger partial charge in [-0.05, 0) is 32.4 Å². The lowest BCUT2D eigenvalue weighted by molar-refractivity contribution is 0.102. The van der Waals surface area contributed by atoms with Crippen LogP contribution in [0.25, 0.3) is 5.78 Å². The van der Waals surface area contributed by atoms with Crippen LogP contribution in [0, 0.1) is 20.8 Å². The van der Waals surface area contributed by atoms with Crippen LogP contribution in [0.1, 0.15) is 27.2 Å². The SMILES string of the molecule is Cc1ccc(NC(=O)c2cnc3ncnn3c2C)c(C)c1. The fourth-order valence-corrected chi connectivity index (χ4v) is 2.26. The van der Waals surface area contributed by atoms with Gasteiger partial charge in [-0.1, -0.05) is 17.7 Å². The molecule has 0 atom stereocenters. The highest BCUT2D eigenvalue weighted by molar-refractivity contribution is 6.05. The van der Waals surface area contributed by atoms with E-state index >= 15 is 0 Å². The zero-order chi connectivity index (χ0) is 15.0. The van der Waals surface area contributed by atoms with Crippen LogP contribution in [0.3, 0.4) is 0 Å². The molecule has 3 rings (SSSR count). The third-order valence-corrected chi connectivity index (χ3v) is 3.42. The normalized spacial score (nSPS) is 10.8. The number of rotatable bonds is 2. The maximum atomic E-state index is 12.4. The predicted octanol–water partition coefficient (Wildman–Crippen LogP) is 2.30. The lowest BCUT2D eigenvalue weighted by atomic mass is 10.1. The highest BCUT2D eigenvalue weighted by Crippen LogP contribution is 2.18. The van der Waals surface area contributed by atoms with E-state index < -0.39 is 0 Å². The summed E-state index contributed by atoms with van der Waals surface area (Å²) in [5, 5.41) is 6.97. The molecule has 0 fully saturated rings. The number of fused-ring (bicyclic) bond motifs is 1. The molecular weight excluding hydrogens is 266 g/mol. The molecule has 0 aliphatic rings. The minimum Gasteiger partial charge on any atom is -0.322 e. The number of carbonyl (C=O) groups excluding carboxylic acids is 1. The third-order valence-electron chi connectivity index (χ3n) is 3.42. The van der Waals surface area contributed by atoms with Crippen LogP contribution in [0.5, 0.6) is 0 Å². The van der Waals surface area contributed by atoms with Crippen molar-refractivity contribution >= 4 is 17.4 Å². The molecule has 1 N–H and O–H groups in total. The lowest BCUT2D eigenvalue weighted by Gasteiger charge is -2.10. The number of aromatic nitrogens is 4. The molecule has 2 heterocycles. The molecule has 106 valence electrons. The van der Waals surface area contributed by atoms with E-state index in [0.717, 1.165) is 16.8 Å². The number of amides is 1. The number of benzene rings is 1. The molecule has 0 spiro atoms. The van der Waals surface area contributed by atoms with Gasteiger partial charge in [-0.15, -0.1) is 0 Å². The minimum absolute atomic E-state index is 0.204. The van der Waals surface area contributed by atoms with Crippen molar-refractivity contribution < 1.29 is 4.79 Å². The Morgan fingerprint density at radius 1 is 1.19 bits per heavy atom. The van der Waals surface area contributed by atoms with E-state index in [1.165, 1.54) is 12.5 Å². The van der Waals surface area contributed by atoms with E-state index in [0.29, 0.717) is 17.0 Å². The number of nitrogens with one attached hydrogen (secondary N) is 1. The van der Waals surface area contributed by atoms with E-state index in [1.807, 2.05) is 39.0 Å². The maximum Gasteiger partial charge on any atom is 0.259 e. The Kier molecular flexibility index (Phi) is 3.13. The molecule has 0 saturated carbocycles. The van der Waals surface area contributed by atoms with Gasteiger partial charge in [-0.25, -0.2) is 9.50 Å². The molecule has 3 aromatic rings. The van der Waals surface area contributed by atoms with Crippen LogP contribution in [0.2, 0.25) is 0 Å². The van der Waals surface area contributed by atoms with Gasteiger partial charge >= 0.3 is 0 Å². The molecule has 0 radical (unpaired) electrons. The summed E-state index contributed by atoms with van der Waals surface area (Å²) in [6.07, 6.45) is 2.94. The van der Waals surface area contributed by atoms with E-state index in [4.69, 9.17) is 0 Å². The summed E-state index contributed by atoms with van der Waals surface area (Å²) >= 11 is 0. The average molecular weight is 281 g/mol. The first kappa shape index (κ1) is 13.2. The standard InChI is InChI=1S/C15H15N5O/c1-9-4-5-13(10(2)6-9)19-14(21)12-7-16-15-17-8-18-20(15)11(12)3/h4-8H,1-3H3,(H,19,21). The Bertz CT molecular complexity index is 837. The zero-order valence-corrected chi connectivity index (χ0v) is 12.1. The van der Waals surface area contributed by atoms with Crippen molar-refractivity contribution in [2.24, 2.45) is 0 Å². The van der Waals surface area contributed by atoms with Crippen molar-refractivity contribution in [3.63, 3.8) is 0 Å². The molecule has 0 saturated heterocycles. The smallest absolute Gasteiger partial charge is 0.259 e. The second-order valence-electron chi connectivity index (χ2n) is 5.00. The third kappa shape index (κ3) is 2.35. The Hall–Kier alpha value is -2.76. The average Bonchev–Trinajstić information content (AvgIpc) is 2.91. The van der Waals surface area contributed by atoms with E-state index in [-0.39, 0.29) is 5.91 Å². The van der Waals surface area contributed by atoms with Gasteiger partial charge in [0.05, 0.1) is 11.3 Å². The number of hydrogen-bond acceptors (Lipinski definition) is 4. The summed E-state index contributed by atoms with van der Waals surface area (Å²) in [6, 6.07) is 5.90. The van der Waals surface area contributed by atoms with E-state index in [9.17, 15) is 4.79 Å². The molecule has 1 amide bonds. The minimum atomic E-state index is -0.204. The molecule has 1 aromatic carbocycles. The summed E-state index contributed by atoms with van der Waals surface area (Å²) in [6.45, 7) is 5.81. The van der Waals surface area contributed by atoms with Gasteiger partial charge in [0.1, 0.15) is 6.33 Å². The highest BCUT2D eigenvalue weighted by atomic mass is 16.1. The molecule has 21 heavy (non-hydrogen) atoms. The number of anilines is 1. The first-order valence-corrected chi connectivity index (χ1v) is 6.60. The Morgan fingerprint density at radius 3 is 2.76 bits per heavy atom.